The van der Waals surface area contributed by atoms with Crippen LogP contribution < -0.4 is 5.32 Å². The second kappa shape index (κ2) is 5.83. The molecule has 17 heavy (non-hydrogen) atoms. The fraction of sp³-hybridized carbons (Fsp3) is 0.923. The van der Waals surface area contributed by atoms with Crippen LogP contribution >= 0.6 is 0 Å². The minimum atomic E-state index is 0.168. The van der Waals surface area contributed by atoms with E-state index in [1.807, 2.05) is 0 Å². The maximum atomic E-state index is 12.5. The summed E-state index contributed by atoms with van der Waals surface area (Å²) in [5, 5.41) is 3.40. The lowest BCUT2D eigenvalue weighted by Gasteiger charge is -2.34. The third-order valence-corrected chi connectivity index (χ3v) is 4.10. The number of amides is 1. The molecule has 98 valence electrons. The zero-order valence-electron chi connectivity index (χ0n) is 10.9. The topological polar surface area (TPSA) is 41.6 Å². The summed E-state index contributed by atoms with van der Waals surface area (Å²) >= 11 is 0. The number of piperidine rings is 1. The summed E-state index contributed by atoms with van der Waals surface area (Å²) in [6.45, 7) is 4.77. The molecule has 1 amide bonds. The van der Waals surface area contributed by atoms with Gasteiger partial charge in [0.2, 0.25) is 5.91 Å². The molecule has 0 spiro atoms. The maximum Gasteiger partial charge on any atom is 0.227 e. The molecule has 0 aromatic rings. The molecule has 4 nitrogen and oxygen atoms in total. The van der Waals surface area contributed by atoms with Crippen molar-refractivity contribution in [3.05, 3.63) is 0 Å². The third kappa shape index (κ3) is 2.80. The number of ether oxygens (including phenoxy) is 1. The standard InChI is InChI=1S/C13H24N2O2/c1-10-12(6-3-7-14-10)13(16)15-8-4-5-11(15)9-17-2/h10-12,14H,3-9H2,1-2H3/t10-,11-,12-/m0/s1. The second-order valence-corrected chi connectivity index (χ2v) is 5.27. The first-order valence-corrected chi connectivity index (χ1v) is 6.77. The van der Waals surface area contributed by atoms with Gasteiger partial charge in [-0.3, -0.25) is 4.79 Å². The van der Waals surface area contributed by atoms with Crippen molar-refractivity contribution in [1.29, 1.82) is 0 Å². The van der Waals surface area contributed by atoms with Gasteiger partial charge in [-0.2, -0.15) is 0 Å². The Kier molecular flexibility index (Phi) is 4.40. The molecule has 2 aliphatic heterocycles. The largest absolute Gasteiger partial charge is 0.383 e. The Balaban J connectivity index is 1.97. The van der Waals surface area contributed by atoms with E-state index in [0.29, 0.717) is 24.6 Å². The minimum absolute atomic E-state index is 0.168. The number of carbonyl (C=O) groups excluding carboxylic acids is 1. The van der Waals surface area contributed by atoms with E-state index >= 15 is 0 Å². The molecule has 0 unspecified atom stereocenters. The molecule has 3 atom stereocenters. The number of rotatable bonds is 3. The fourth-order valence-corrected chi connectivity index (χ4v) is 3.09. The lowest BCUT2D eigenvalue weighted by Crippen LogP contribution is -2.50. The van der Waals surface area contributed by atoms with Gasteiger partial charge in [-0.1, -0.05) is 0 Å². The van der Waals surface area contributed by atoms with Gasteiger partial charge < -0.3 is 15.0 Å². The molecular formula is C13H24N2O2. The second-order valence-electron chi connectivity index (χ2n) is 5.27. The summed E-state index contributed by atoms with van der Waals surface area (Å²) in [4.78, 5) is 14.6. The normalized spacial score (nSPS) is 34.0. The van der Waals surface area contributed by atoms with Crippen LogP contribution in [0.1, 0.15) is 32.6 Å². The predicted molar refractivity (Wildman–Crippen MR) is 66.8 cm³/mol. The number of nitrogens with one attached hydrogen (secondary N) is 1. The summed E-state index contributed by atoms with van der Waals surface area (Å²) in [6, 6.07) is 0.627. The van der Waals surface area contributed by atoms with Crippen molar-refractivity contribution in [2.75, 3.05) is 26.8 Å². The van der Waals surface area contributed by atoms with Crippen LogP contribution in [0.5, 0.6) is 0 Å². The van der Waals surface area contributed by atoms with Gasteiger partial charge in [0.15, 0.2) is 0 Å². The van der Waals surface area contributed by atoms with Gasteiger partial charge in [0.1, 0.15) is 0 Å². The van der Waals surface area contributed by atoms with E-state index in [4.69, 9.17) is 4.74 Å². The highest BCUT2D eigenvalue weighted by molar-refractivity contribution is 5.80. The predicted octanol–water partition coefficient (Wildman–Crippen LogP) is 1.01. The first kappa shape index (κ1) is 12.8. The molecule has 2 rings (SSSR count). The van der Waals surface area contributed by atoms with Gasteiger partial charge in [-0.15, -0.1) is 0 Å². The average molecular weight is 240 g/mol. The van der Waals surface area contributed by atoms with Crippen LogP contribution in [0.4, 0.5) is 0 Å². The van der Waals surface area contributed by atoms with Crippen LogP contribution in [-0.2, 0) is 9.53 Å². The van der Waals surface area contributed by atoms with E-state index in [1.165, 1.54) is 0 Å². The van der Waals surface area contributed by atoms with Gasteiger partial charge in [0.25, 0.3) is 0 Å². The van der Waals surface area contributed by atoms with Crippen LogP contribution in [0.25, 0.3) is 0 Å². The van der Waals surface area contributed by atoms with E-state index < -0.39 is 0 Å². The zero-order valence-corrected chi connectivity index (χ0v) is 10.9. The van der Waals surface area contributed by atoms with E-state index in [0.717, 1.165) is 38.8 Å². The number of nitrogens with zero attached hydrogens (tertiary/aromatic N) is 1. The number of likely N-dealkylation sites (tertiary alicyclic amines) is 1. The highest BCUT2D eigenvalue weighted by Crippen LogP contribution is 2.25. The van der Waals surface area contributed by atoms with Gasteiger partial charge in [0.05, 0.1) is 18.6 Å². The SMILES string of the molecule is COC[C@@H]1CCCN1C(=O)[C@H]1CCCN[C@H]1C. The van der Waals surface area contributed by atoms with E-state index in [9.17, 15) is 4.79 Å². The Labute approximate surface area is 104 Å². The molecule has 2 heterocycles. The Hall–Kier alpha value is -0.610. The summed E-state index contributed by atoms with van der Waals surface area (Å²) < 4.78 is 5.21. The summed E-state index contributed by atoms with van der Waals surface area (Å²) in [6.07, 6.45) is 4.36. The number of hydrogen-bond acceptors (Lipinski definition) is 3. The van der Waals surface area contributed by atoms with Crippen molar-refractivity contribution in [2.24, 2.45) is 5.92 Å². The van der Waals surface area contributed by atoms with Crippen molar-refractivity contribution in [3.63, 3.8) is 0 Å². The van der Waals surface area contributed by atoms with Gasteiger partial charge in [0, 0.05) is 19.7 Å². The van der Waals surface area contributed by atoms with E-state index in [2.05, 4.69) is 17.1 Å². The van der Waals surface area contributed by atoms with Crippen LogP contribution in [0.15, 0.2) is 0 Å². The first-order chi connectivity index (χ1) is 8.24. The number of methoxy groups -OCH3 is 1. The van der Waals surface area contributed by atoms with Crippen molar-refractivity contribution in [3.8, 4) is 0 Å². The number of hydrogen-bond donors (Lipinski definition) is 1. The molecule has 0 radical (unpaired) electrons. The molecule has 2 fully saturated rings. The van der Waals surface area contributed by atoms with Crippen molar-refractivity contribution < 1.29 is 9.53 Å². The Morgan fingerprint density at radius 3 is 2.94 bits per heavy atom. The fourth-order valence-electron chi connectivity index (χ4n) is 3.09. The minimum Gasteiger partial charge on any atom is -0.383 e. The van der Waals surface area contributed by atoms with Crippen LogP contribution in [0.3, 0.4) is 0 Å². The van der Waals surface area contributed by atoms with Gasteiger partial charge >= 0.3 is 0 Å². The Bertz CT molecular complexity index is 270. The Morgan fingerprint density at radius 1 is 1.41 bits per heavy atom. The molecule has 2 saturated heterocycles. The molecule has 1 N–H and O–H groups in total. The lowest BCUT2D eigenvalue weighted by atomic mass is 9.90. The maximum absolute atomic E-state index is 12.5. The monoisotopic (exact) mass is 240 g/mol. The number of carbonyl (C=O) groups is 1. The van der Waals surface area contributed by atoms with Crippen molar-refractivity contribution in [1.82, 2.24) is 10.2 Å². The lowest BCUT2D eigenvalue weighted by molar-refractivity contribution is -0.139. The highest BCUT2D eigenvalue weighted by atomic mass is 16.5. The smallest absolute Gasteiger partial charge is 0.227 e. The molecule has 4 heteroatoms. The molecule has 0 aromatic carbocycles. The summed E-state index contributed by atoms with van der Waals surface area (Å²) in [5.41, 5.74) is 0. The zero-order chi connectivity index (χ0) is 12.3. The molecule has 2 aliphatic rings. The van der Waals surface area contributed by atoms with Gasteiger partial charge in [-0.25, -0.2) is 0 Å². The van der Waals surface area contributed by atoms with E-state index in [-0.39, 0.29) is 5.92 Å². The van der Waals surface area contributed by atoms with Crippen LogP contribution in [0.2, 0.25) is 0 Å². The molecule has 0 aromatic heterocycles. The quantitative estimate of drug-likeness (QED) is 0.800. The summed E-state index contributed by atoms with van der Waals surface area (Å²) in [7, 11) is 1.71. The van der Waals surface area contributed by atoms with Crippen LogP contribution in [-0.4, -0.2) is 49.7 Å². The first-order valence-electron chi connectivity index (χ1n) is 6.77. The molecule has 0 bridgehead atoms. The molecule has 0 saturated carbocycles. The average Bonchev–Trinajstić information content (AvgIpc) is 2.78. The summed E-state index contributed by atoms with van der Waals surface area (Å²) in [5.74, 6) is 0.505. The van der Waals surface area contributed by atoms with Crippen LogP contribution in [0, 0.1) is 5.92 Å². The van der Waals surface area contributed by atoms with Crippen molar-refractivity contribution >= 4 is 5.91 Å². The molecular weight excluding hydrogens is 216 g/mol. The van der Waals surface area contributed by atoms with E-state index in [1.54, 1.807) is 7.11 Å². The third-order valence-electron chi connectivity index (χ3n) is 4.10. The van der Waals surface area contributed by atoms with Gasteiger partial charge in [-0.05, 0) is 39.2 Å². The van der Waals surface area contributed by atoms with Crippen molar-refractivity contribution in [2.45, 2.75) is 44.7 Å². The Morgan fingerprint density at radius 2 is 2.24 bits per heavy atom. The molecule has 0 aliphatic carbocycles. The highest BCUT2D eigenvalue weighted by Gasteiger charge is 2.36.